The number of aliphatic imine (C=N–C) groups is 1. The van der Waals surface area contributed by atoms with Crippen LogP contribution in [0.2, 0.25) is 0 Å². The first-order valence-corrected chi connectivity index (χ1v) is 8.62. The number of β-lactam (4-membered cyclic amide) rings is 1. The van der Waals surface area contributed by atoms with E-state index in [1.54, 1.807) is 19.9 Å². The van der Waals surface area contributed by atoms with Gasteiger partial charge in [-0.05, 0) is 26.0 Å². The number of nitro benzene ring substituents is 1. The van der Waals surface area contributed by atoms with E-state index < -0.39 is 39.0 Å². The van der Waals surface area contributed by atoms with Gasteiger partial charge in [0.2, 0.25) is 0 Å². The van der Waals surface area contributed by atoms with Gasteiger partial charge in [0, 0.05) is 11.0 Å². The number of fused-ring (bicyclic) bond motifs is 1. The second kappa shape index (κ2) is 7.78. The van der Waals surface area contributed by atoms with Crippen molar-refractivity contribution in [3.63, 3.8) is 0 Å². The number of hydrogen-bond donors (Lipinski definition) is 0. The Morgan fingerprint density at radius 3 is 2.67 bits per heavy atom. The summed E-state index contributed by atoms with van der Waals surface area (Å²) < 4.78 is 4.29. The molecule has 0 spiro atoms. The van der Waals surface area contributed by atoms with E-state index in [9.17, 15) is 24.8 Å². The largest absolute Gasteiger partial charge is 1.00 e. The second-order valence-corrected chi connectivity index (χ2v) is 8.23. The van der Waals surface area contributed by atoms with Crippen molar-refractivity contribution in [2.45, 2.75) is 36.1 Å². The number of amides is 1. The van der Waals surface area contributed by atoms with Crippen LogP contribution in [0.15, 0.2) is 23.2 Å². The zero-order valence-corrected chi connectivity index (χ0v) is 18.1. The van der Waals surface area contributed by atoms with E-state index in [0.717, 1.165) is 0 Å². The third-order valence-corrected chi connectivity index (χ3v) is 6.00. The van der Waals surface area contributed by atoms with Crippen molar-refractivity contribution >= 4 is 35.5 Å². The van der Waals surface area contributed by atoms with E-state index in [2.05, 4.69) is 4.99 Å². The summed E-state index contributed by atoms with van der Waals surface area (Å²) in [6.07, 6.45) is 1.26. The van der Waals surface area contributed by atoms with Gasteiger partial charge in [-0.3, -0.25) is 19.9 Å². The molecule has 0 radical (unpaired) electrons. The standard InChI is InChI=1S/C16H17N3O6S.Na/c1-16(2)12(15(21)22)18-13(20)10(14(18)26-16)17-7-8-5-4-6-9(25-3)11(8)19(23)24;/h4-7,10,12,14H,1-3H3,(H,21,22);/q;+1/p-1/t10-,12+,14-;/m1./s1. The predicted octanol–water partition coefficient (Wildman–Crippen LogP) is -2.79. The molecule has 0 unspecified atom stereocenters. The molecule has 27 heavy (non-hydrogen) atoms. The van der Waals surface area contributed by atoms with E-state index in [-0.39, 0.29) is 46.6 Å². The number of carbonyl (C=O) groups is 2. The molecule has 0 aromatic heterocycles. The molecule has 2 aliphatic heterocycles. The number of para-hydroxylation sites is 1. The number of thioether (sulfide) groups is 1. The summed E-state index contributed by atoms with van der Waals surface area (Å²) >= 11 is 1.33. The molecule has 2 heterocycles. The van der Waals surface area contributed by atoms with Gasteiger partial charge in [0.25, 0.3) is 5.91 Å². The minimum absolute atomic E-state index is 0. The molecule has 2 aliphatic rings. The van der Waals surface area contributed by atoms with Gasteiger partial charge >= 0.3 is 35.2 Å². The molecule has 9 nitrogen and oxygen atoms in total. The van der Waals surface area contributed by atoms with Crippen molar-refractivity contribution in [1.82, 2.24) is 4.90 Å². The maximum absolute atomic E-state index is 12.4. The zero-order chi connectivity index (χ0) is 19.2. The number of hydrogen-bond acceptors (Lipinski definition) is 8. The van der Waals surface area contributed by atoms with Crippen LogP contribution < -0.4 is 39.4 Å². The molecule has 1 aromatic carbocycles. The SMILES string of the molecule is COc1cccc(C=N[C@@H]2C(=O)N3[C@@H]2SC(C)(C)[C@@H]3C(=O)[O-])c1[N+](=O)[O-].[Na+]. The van der Waals surface area contributed by atoms with Crippen LogP contribution in [0.3, 0.4) is 0 Å². The van der Waals surface area contributed by atoms with Crippen molar-refractivity contribution in [1.29, 1.82) is 0 Å². The fourth-order valence-electron chi connectivity index (χ4n) is 3.28. The first kappa shape index (κ1) is 21.7. The Kier molecular flexibility index (Phi) is 6.25. The van der Waals surface area contributed by atoms with Gasteiger partial charge in [0.05, 0.1) is 29.6 Å². The Labute approximate surface area is 181 Å². The maximum atomic E-state index is 12.4. The first-order chi connectivity index (χ1) is 12.2. The van der Waals surface area contributed by atoms with Gasteiger partial charge in [-0.2, -0.15) is 0 Å². The number of carbonyl (C=O) groups excluding carboxylic acids is 2. The molecule has 0 N–H and O–H groups in total. The Bertz CT molecular complexity index is 830. The van der Waals surface area contributed by atoms with Crippen molar-refractivity contribution in [2.75, 3.05) is 7.11 Å². The summed E-state index contributed by atoms with van der Waals surface area (Å²) in [5.74, 6) is -1.64. The number of rotatable bonds is 5. The van der Waals surface area contributed by atoms with Crippen molar-refractivity contribution in [3.8, 4) is 5.75 Å². The molecule has 138 valence electrons. The first-order valence-electron chi connectivity index (χ1n) is 7.74. The topological polar surface area (TPSA) is 125 Å². The maximum Gasteiger partial charge on any atom is 1.00 e. The van der Waals surface area contributed by atoms with Crippen LogP contribution in [-0.4, -0.2) is 57.2 Å². The van der Waals surface area contributed by atoms with Gasteiger partial charge in [0.15, 0.2) is 11.8 Å². The van der Waals surface area contributed by atoms with Crippen LogP contribution in [0.25, 0.3) is 0 Å². The number of carboxylic acid groups (broad SMARTS) is 1. The molecular weight excluding hydrogens is 385 g/mol. The van der Waals surface area contributed by atoms with Gasteiger partial charge < -0.3 is 19.5 Å². The Morgan fingerprint density at radius 1 is 1.44 bits per heavy atom. The van der Waals surface area contributed by atoms with E-state index in [0.29, 0.717) is 0 Å². The van der Waals surface area contributed by atoms with Crippen molar-refractivity contribution in [2.24, 2.45) is 4.99 Å². The molecule has 1 aromatic rings. The molecule has 3 rings (SSSR count). The van der Waals surface area contributed by atoms with Crippen LogP contribution in [0.1, 0.15) is 19.4 Å². The van der Waals surface area contributed by atoms with E-state index in [1.165, 1.54) is 42.1 Å². The van der Waals surface area contributed by atoms with E-state index in [4.69, 9.17) is 4.74 Å². The summed E-state index contributed by atoms with van der Waals surface area (Å²) in [7, 11) is 1.33. The normalized spacial score (nSPS) is 25.5. The van der Waals surface area contributed by atoms with Crippen molar-refractivity contribution < 1.29 is 53.9 Å². The number of carboxylic acids is 1. The Morgan fingerprint density at radius 2 is 2.11 bits per heavy atom. The summed E-state index contributed by atoms with van der Waals surface area (Å²) in [6.45, 7) is 3.47. The monoisotopic (exact) mass is 401 g/mol. The summed E-state index contributed by atoms with van der Waals surface area (Å²) in [4.78, 5) is 39.9. The average molecular weight is 401 g/mol. The molecule has 0 bridgehead atoms. The van der Waals surface area contributed by atoms with Gasteiger partial charge in [0.1, 0.15) is 5.37 Å². The molecular formula is C16H16N3NaO6S. The molecule has 0 saturated carbocycles. The zero-order valence-electron chi connectivity index (χ0n) is 15.2. The minimum Gasteiger partial charge on any atom is -0.548 e. The quantitative estimate of drug-likeness (QED) is 0.172. The Balaban J connectivity index is 0.00000261. The molecule has 1 amide bonds. The van der Waals surface area contributed by atoms with Crippen LogP contribution in [-0.2, 0) is 9.59 Å². The molecule has 3 atom stereocenters. The molecule has 11 heteroatoms. The summed E-state index contributed by atoms with van der Waals surface area (Å²) in [6, 6.07) is 2.74. The number of methoxy groups -OCH3 is 1. The number of nitro groups is 1. The van der Waals surface area contributed by atoms with Crippen LogP contribution in [0.4, 0.5) is 5.69 Å². The number of aliphatic carboxylic acids is 1. The number of nitrogens with zero attached hydrogens (tertiary/aromatic N) is 3. The fourth-order valence-corrected chi connectivity index (χ4v) is 4.89. The van der Waals surface area contributed by atoms with Crippen LogP contribution >= 0.6 is 11.8 Å². The predicted molar refractivity (Wildman–Crippen MR) is 92.1 cm³/mol. The number of ether oxygens (including phenoxy) is 1. The second-order valence-electron chi connectivity index (χ2n) is 6.46. The van der Waals surface area contributed by atoms with Crippen LogP contribution in [0, 0.1) is 10.1 Å². The van der Waals surface area contributed by atoms with Gasteiger partial charge in [-0.15, -0.1) is 11.8 Å². The third kappa shape index (κ3) is 3.58. The van der Waals surface area contributed by atoms with Crippen molar-refractivity contribution in [3.05, 3.63) is 33.9 Å². The number of benzene rings is 1. The van der Waals surface area contributed by atoms with E-state index in [1.807, 2.05) is 0 Å². The Hall–Kier alpha value is -1.62. The molecule has 0 aliphatic carbocycles. The third-order valence-electron chi connectivity index (χ3n) is 4.44. The molecule has 2 saturated heterocycles. The van der Waals surface area contributed by atoms with Crippen LogP contribution in [0.5, 0.6) is 5.75 Å². The average Bonchev–Trinajstić information content (AvgIpc) is 2.82. The fraction of sp³-hybridized carbons (Fsp3) is 0.438. The van der Waals surface area contributed by atoms with Gasteiger partial charge in [-0.25, -0.2) is 0 Å². The summed E-state index contributed by atoms with van der Waals surface area (Å²) in [5.41, 5.74) is -0.0336. The molecule has 2 fully saturated rings. The van der Waals surface area contributed by atoms with Gasteiger partial charge in [-0.1, -0.05) is 6.07 Å². The minimum atomic E-state index is -1.30. The summed E-state index contributed by atoms with van der Waals surface area (Å²) in [5, 5.41) is 22.2. The van der Waals surface area contributed by atoms with E-state index >= 15 is 0 Å². The smallest absolute Gasteiger partial charge is 0.548 e.